The van der Waals surface area contributed by atoms with Gasteiger partial charge in [0, 0.05) is 16.2 Å². The molecule has 1 aromatic heterocycles. The number of rotatable bonds is 5. The van der Waals surface area contributed by atoms with Gasteiger partial charge in [0.1, 0.15) is 11.0 Å². The van der Waals surface area contributed by atoms with E-state index in [-0.39, 0.29) is 17.6 Å². The maximum atomic E-state index is 12.6. The molecule has 0 spiro atoms. The van der Waals surface area contributed by atoms with Crippen LogP contribution in [0, 0.1) is 0 Å². The molecule has 0 aliphatic heterocycles. The summed E-state index contributed by atoms with van der Waals surface area (Å²) in [5.74, 6) is 0.471. The first-order chi connectivity index (χ1) is 13.3. The monoisotopic (exact) mass is 469 g/mol. The van der Waals surface area contributed by atoms with E-state index in [4.69, 9.17) is 11.6 Å². The van der Waals surface area contributed by atoms with Crippen LogP contribution in [0.1, 0.15) is 11.1 Å². The first-order valence-electron chi connectivity index (χ1n) is 7.90. The summed E-state index contributed by atoms with van der Waals surface area (Å²) in [5.41, 5.74) is 0.651. The molecule has 3 rings (SSSR count). The van der Waals surface area contributed by atoms with E-state index in [0.29, 0.717) is 11.4 Å². The van der Waals surface area contributed by atoms with Crippen molar-refractivity contribution >= 4 is 45.0 Å². The molecule has 5 nitrogen and oxygen atoms in total. The van der Waals surface area contributed by atoms with Crippen molar-refractivity contribution in [1.82, 2.24) is 9.97 Å². The summed E-state index contributed by atoms with van der Waals surface area (Å²) in [5, 5.41) is 11.1. The van der Waals surface area contributed by atoms with Gasteiger partial charge in [0.15, 0.2) is 0 Å². The van der Waals surface area contributed by atoms with Crippen LogP contribution in [0.5, 0.6) is 0 Å². The minimum Gasteiger partial charge on any atom is -0.340 e. The number of hydrogen-bond donors (Lipinski definition) is 1. The van der Waals surface area contributed by atoms with E-state index in [1.165, 1.54) is 18.2 Å². The molecule has 0 radical (unpaired) electrons. The highest BCUT2D eigenvalue weighted by Crippen LogP contribution is 2.29. The number of azo groups is 1. The van der Waals surface area contributed by atoms with Crippen molar-refractivity contribution in [3.8, 4) is 0 Å². The predicted molar refractivity (Wildman–Crippen MR) is 104 cm³/mol. The zero-order chi connectivity index (χ0) is 20.1. The number of halogens is 5. The summed E-state index contributed by atoms with van der Waals surface area (Å²) in [6, 6.07) is 13.7. The molecule has 0 aliphatic carbocycles. The highest BCUT2D eigenvalue weighted by atomic mass is 79.9. The SMILES string of the molecule is FC(F)(F)c1ccc(CN=Nc2nc(Cl)cc(Nc3cccc(Br)c3)n2)cc1. The molecule has 1 heterocycles. The van der Waals surface area contributed by atoms with E-state index >= 15 is 0 Å². The summed E-state index contributed by atoms with van der Waals surface area (Å²) in [4.78, 5) is 8.17. The lowest BCUT2D eigenvalue weighted by Gasteiger charge is -2.07. The number of aromatic nitrogens is 2. The number of nitrogens with zero attached hydrogens (tertiary/aromatic N) is 4. The van der Waals surface area contributed by atoms with Crippen LogP contribution >= 0.6 is 27.5 Å². The molecule has 3 aromatic rings. The van der Waals surface area contributed by atoms with E-state index in [2.05, 4.69) is 41.4 Å². The van der Waals surface area contributed by atoms with E-state index in [0.717, 1.165) is 22.3 Å². The molecule has 0 unspecified atom stereocenters. The molecule has 2 aromatic carbocycles. The van der Waals surface area contributed by atoms with Gasteiger partial charge in [0.2, 0.25) is 0 Å². The Balaban J connectivity index is 1.69. The Hall–Kier alpha value is -2.52. The summed E-state index contributed by atoms with van der Waals surface area (Å²) >= 11 is 9.38. The van der Waals surface area contributed by atoms with Crippen LogP contribution < -0.4 is 5.32 Å². The number of anilines is 2. The Kier molecular flexibility index (Phi) is 6.25. The Labute approximate surface area is 171 Å². The summed E-state index contributed by atoms with van der Waals surface area (Å²) < 4.78 is 38.6. The van der Waals surface area contributed by atoms with Crippen molar-refractivity contribution in [1.29, 1.82) is 0 Å². The van der Waals surface area contributed by atoms with Crippen molar-refractivity contribution in [3.63, 3.8) is 0 Å². The minimum atomic E-state index is -4.37. The highest BCUT2D eigenvalue weighted by molar-refractivity contribution is 9.10. The zero-order valence-corrected chi connectivity index (χ0v) is 16.4. The van der Waals surface area contributed by atoms with Crippen LogP contribution in [0.3, 0.4) is 0 Å². The third-order valence-electron chi connectivity index (χ3n) is 3.47. The first kappa shape index (κ1) is 20.2. The molecule has 0 saturated carbocycles. The first-order valence-corrected chi connectivity index (χ1v) is 9.07. The van der Waals surface area contributed by atoms with Gasteiger partial charge >= 0.3 is 6.18 Å². The lowest BCUT2D eigenvalue weighted by atomic mass is 10.1. The molecular formula is C18H12BrClF3N5. The van der Waals surface area contributed by atoms with Gasteiger partial charge in [0.05, 0.1) is 12.1 Å². The second-order valence-corrected chi connectivity index (χ2v) is 6.91. The van der Waals surface area contributed by atoms with E-state index < -0.39 is 11.7 Å². The summed E-state index contributed by atoms with van der Waals surface area (Å²) in [7, 11) is 0. The Morgan fingerprint density at radius 3 is 2.46 bits per heavy atom. The van der Waals surface area contributed by atoms with Gasteiger partial charge in [-0.25, -0.2) is 0 Å². The molecule has 1 N–H and O–H groups in total. The Bertz CT molecular complexity index is 993. The number of benzene rings is 2. The average Bonchev–Trinajstić information content (AvgIpc) is 2.61. The molecule has 28 heavy (non-hydrogen) atoms. The lowest BCUT2D eigenvalue weighted by Crippen LogP contribution is -2.04. The van der Waals surface area contributed by atoms with Gasteiger partial charge in [-0.3, -0.25) is 0 Å². The van der Waals surface area contributed by atoms with Crippen molar-refractivity contribution in [2.75, 3.05) is 5.32 Å². The number of alkyl halides is 3. The fourth-order valence-corrected chi connectivity index (χ4v) is 2.79. The molecule has 0 bridgehead atoms. The van der Waals surface area contributed by atoms with E-state index in [1.807, 2.05) is 24.3 Å². The Morgan fingerprint density at radius 2 is 1.79 bits per heavy atom. The third kappa shape index (κ3) is 5.74. The van der Waals surface area contributed by atoms with Crippen LogP contribution in [0.2, 0.25) is 5.15 Å². The predicted octanol–water partition coefficient (Wildman–Crippen LogP) is 6.94. The normalized spacial score (nSPS) is 11.8. The van der Waals surface area contributed by atoms with Gasteiger partial charge in [-0.1, -0.05) is 45.7 Å². The van der Waals surface area contributed by atoms with Crippen molar-refractivity contribution in [2.45, 2.75) is 12.7 Å². The quantitative estimate of drug-likeness (QED) is 0.324. The molecule has 0 saturated heterocycles. The van der Waals surface area contributed by atoms with Crippen molar-refractivity contribution in [3.05, 3.63) is 75.4 Å². The molecule has 0 aliphatic rings. The largest absolute Gasteiger partial charge is 0.416 e. The topological polar surface area (TPSA) is 62.5 Å². The van der Waals surface area contributed by atoms with Crippen LogP contribution in [0.4, 0.5) is 30.6 Å². The fraction of sp³-hybridized carbons (Fsp3) is 0.111. The maximum absolute atomic E-state index is 12.6. The summed E-state index contributed by atoms with van der Waals surface area (Å²) in [6.45, 7) is 0.0857. The number of nitrogens with one attached hydrogen (secondary N) is 1. The van der Waals surface area contributed by atoms with Crippen molar-refractivity contribution in [2.24, 2.45) is 10.2 Å². The third-order valence-corrected chi connectivity index (χ3v) is 4.16. The van der Waals surface area contributed by atoms with Gasteiger partial charge in [-0.2, -0.15) is 28.3 Å². The molecule has 0 fully saturated rings. The smallest absolute Gasteiger partial charge is 0.340 e. The molecular weight excluding hydrogens is 459 g/mol. The molecule has 10 heteroatoms. The fourth-order valence-electron chi connectivity index (χ4n) is 2.21. The van der Waals surface area contributed by atoms with Gasteiger partial charge in [-0.15, -0.1) is 5.11 Å². The van der Waals surface area contributed by atoms with Gasteiger partial charge in [-0.05, 0) is 35.9 Å². The Morgan fingerprint density at radius 1 is 1.04 bits per heavy atom. The lowest BCUT2D eigenvalue weighted by molar-refractivity contribution is -0.137. The number of hydrogen-bond acceptors (Lipinski definition) is 5. The van der Waals surface area contributed by atoms with E-state index in [9.17, 15) is 13.2 Å². The van der Waals surface area contributed by atoms with Crippen LogP contribution in [0.25, 0.3) is 0 Å². The minimum absolute atomic E-state index is 0.0388. The molecule has 0 atom stereocenters. The molecule has 0 amide bonds. The van der Waals surface area contributed by atoms with Crippen LogP contribution in [-0.4, -0.2) is 9.97 Å². The van der Waals surface area contributed by atoms with Crippen molar-refractivity contribution < 1.29 is 13.2 Å². The second-order valence-electron chi connectivity index (χ2n) is 5.61. The second kappa shape index (κ2) is 8.66. The summed E-state index contributed by atoms with van der Waals surface area (Å²) in [6.07, 6.45) is -4.37. The standard InChI is InChI=1S/C18H12BrClF3N5/c19-13-2-1-3-14(8-13)25-16-9-15(20)26-17(27-16)28-24-10-11-4-6-12(7-5-11)18(21,22)23/h1-9H,10H2,(H,25,26,27). The zero-order valence-electron chi connectivity index (χ0n) is 14.1. The van der Waals surface area contributed by atoms with Crippen LogP contribution in [-0.2, 0) is 12.7 Å². The van der Waals surface area contributed by atoms with E-state index in [1.54, 1.807) is 0 Å². The van der Waals surface area contributed by atoms with Gasteiger partial charge in [0.25, 0.3) is 5.95 Å². The highest BCUT2D eigenvalue weighted by Gasteiger charge is 2.29. The average molecular weight is 471 g/mol. The maximum Gasteiger partial charge on any atom is 0.416 e. The molecule has 144 valence electrons. The van der Waals surface area contributed by atoms with Crippen LogP contribution in [0.15, 0.2) is 69.3 Å². The van der Waals surface area contributed by atoms with Gasteiger partial charge < -0.3 is 5.32 Å².